The highest BCUT2D eigenvalue weighted by Crippen LogP contribution is 2.35. The van der Waals surface area contributed by atoms with Gasteiger partial charge < -0.3 is 15.3 Å². The van der Waals surface area contributed by atoms with E-state index in [2.05, 4.69) is 5.32 Å². The zero-order chi connectivity index (χ0) is 14.2. The Morgan fingerprint density at radius 1 is 1.47 bits per heavy atom. The lowest BCUT2D eigenvalue weighted by atomic mass is 10.0. The molecular formula is C12H18N2O4S. The Hall–Kier alpha value is -1.24. The van der Waals surface area contributed by atoms with Crippen molar-refractivity contribution in [2.75, 3.05) is 12.3 Å². The van der Waals surface area contributed by atoms with Gasteiger partial charge in [-0.25, -0.2) is 4.79 Å². The van der Waals surface area contributed by atoms with Crippen LogP contribution in [0.2, 0.25) is 0 Å². The van der Waals surface area contributed by atoms with Crippen molar-refractivity contribution in [2.45, 2.75) is 31.7 Å². The van der Waals surface area contributed by atoms with E-state index in [0.29, 0.717) is 12.3 Å². The number of thioether (sulfide) groups is 1. The van der Waals surface area contributed by atoms with Gasteiger partial charge in [-0.2, -0.15) is 0 Å². The molecule has 2 aliphatic rings. The van der Waals surface area contributed by atoms with Crippen LogP contribution in [0.1, 0.15) is 20.3 Å². The van der Waals surface area contributed by atoms with Crippen molar-refractivity contribution in [1.82, 2.24) is 10.2 Å². The maximum Gasteiger partial charge on any atom is 0.327 e. The van der Waals surface area contributed by atoms with Gasteiger partial charge in [0.25, 0.3) is 0 Å². The topological polar surface area (TPSA) is 86.7 Å². The van der Waals surface area contributed by atoms with E-state index in [0.717, 1.165) is 0 Å². The second kappa shape index (κ2) is 5.40. The maximum absolute atomic E-state index is 12.5. The lowest BCUT2D eigenvalue weighted by Gasteiger charge is -2.31. The number of hydrogen-bond donors (Lipinski definition) is 2. The van der Waals surface area contributed by atoms with E-state index < -0.39 is 17.9 Å². The van der Waals surface area contributed by atoms with E-state index in [1.54, 1.807) is 0 Å². The highest BCUT2D eigenvalue weighted by Gasteiger charge is 2.45. The average molecular weight is 286 g/mol. The second-order valence-corrected chi connectivity index (χ2v) is 6.42. The number of rotatable bonds is 3. The molecule has 19 heavy (non-hydrogen) atoms. The summed E-state index contributed by atoms with van der Waals surface area (Å²) in [6.07, 6.45) is 0.164. The van der Waals surface area contributed by atoms with Gasteiger partial charge in [0.05, 0.1) is 11.3 Å². The lowest BCUT2D eigenvalue weighted by molar-refractivity contribution is -0.151. The molecule has 0 aromatic heterocycles. The molecular weight excluding hydrogens is 268 g/mol. The largest absolute Gasteiger partial charge is 0.480 e. The van der Waals surface area contributed by atoms with Gasteiger partial charge in [-0.05, 0) is 5.92 Å². The first-order chi connectivity index (χ1) is 8.91. The Labute approximate surface area is 115 Å². The monoisotopic (exact) mass is 286 g/mol. The van der Waals surface area contributed by atoms with E-state index in [4.69, 9.17) is 0 Å². The number of carbonyl (C=O) groups is 3. The minimum Gasteiger partial charge on any atom is -0.480 e. The summed E-state index contributed by atoms with van der Waals surface area (Å²) >= 11 is 1.50. The third-order valence-corrected chi connectivity index (χ3v) is 5.09. The molecule has 2 saturated heterocycles. The Balaban J connectivity index is 2.18. The molecule has 0 bridgehead atoms. The van der Waals surface area contributed by atoms with E-state index >= 15 is 0 Å². The molecule has 2 aliphatic heterocycles. The minimum atomic E-state index is -0.971. The maximum atomic E-state index is 12.5. The lowest BCUT2D eigenvalue weighted by Crippen LogP contribution is -2.49. The highest BCUT2D eigenvalue weighted by molar-refractivity contribution is 8.00. The molecule has 0 aromatic carbocycles. The average Bonchev–Trinajstić information content (AvgIpc) is 2.93. The van der Waals surface area contributed by atoms with Crippen LogP contribution < -0.4 is 5.32 Å². The zero-order valence-electron chi connectivity index (χ0n) is 11.0. The molecule has 2 N–H and O–H groups in total. The van der Waals surface area contributed by atoms with Gasteiger partial charge in [0, 0.05) is 18.7 Å². The minimum absolute atomic E-state index is 0.121. The van der Waals surface area contributed by atoms with Crippen molar-refractivity contribution in [1.29, 1.82) is 0 Å². The first kappa shape index (κ1) is 14.2. The number of hydrogen-bond acceptors (Lipinski definition) is 4. The molecule has 0 radical (unpaired) electrons. The fraction of sp³-hybridized carbons (Fsp3) is 0.750. The summed E-state index contributed by atoms with van der Waals surface area (Å²) in [5.41, 5.74) is 0. The molecule has 106 valence electrons. The van der Waals surface area contributed by atoms with Crippen LogP contribution in [0, 0.1) is 11.8 Å². The number of carboxylic acids is 1. The molecule has 2 rings (SSSR count). The molecule has 2 fully saturated rings. The number of carbonyl (C=O) groups excluding carboxylic acids is 2. The molecule has 0 spiro atoms. The van der Waals surface area contributed by atoms with Crippen molar-refractivity contribution in [3.05, 3.63) is 0 Å². The summed E-state index contributed by atoms with van der Waals surface area (Å²) in [5.74, 6) is -1.15. The predicted octanol–water partition coefficient (Wildman–Crippen LogP) is 0.133. The molecule has 2 heterocycles. The van der Waals surface area contributed by atoms with Crippen LogP contribution in [0.5, 0.6) is 0 Å². The third kappa shape index (κ3) is 2.70. The normalized spacial score (nSPS) is 30.8. The van der Waals surface area contributed by atoms with Gasteiger partial charge in [0.15, 0.2) is 0 Å². The Morgan fingerprint density at radius 3 is 2.63 bits per heavy atom. The van der Waals surface area contributed by atoms with Gasteiger partial charge in [0.1, 0.15) is 6.04 Å². The predicted molar refractivity (Wildman–Crippen MR) is 70.5 cm³/mol. The molecule has 0 aliphatic carbocycles. The molecule has 0 saturated carbocycles. The smallest absolute Gasteiger partial charge is 0.327 e. The Morgan fingerprint density at radius 2 is 2.16 bits per heavy atom. The van der Waals surface area contributed by atoms with Crippen LogP contribution >= 0.6 is 11.8 Å². The molecule has 3 unspecified atom stereocenters. The number of nitrogens with zero attached hydrogens (tertiary/aromatic N) is 1. The van der Waals surface area contributed by atoms with Gasteiger partial charge in [-0.15, -0.1) is 11.8 Å². The van der Waals surface area contributed by atoms with Gasteiger partial charge >= 0.3 is 5.97 Å². The molecule has 7 heteroatoms. The van der Waals surface area contributed by atoms with Crippen LogP contribution in [-0.4, -0.2) is 51.5 Å². The fourth-order valence-electron chi connectivity index (χ4n) is 2.50. The van der Waals surface area contributed by atoms with Crippen molar-refractivity contribution in [3.8, 4) is 0 Å². The third-order valence-electron chi connectivity index (χ3n) is 3.47. The quantitative estimate of drug-likeness (QED) is 0.770. The molecule has 0 aromatic rings. The zero-order valence-corrected chi connectivity index (χ0v) is 11.8. The Bertz CT molecular complexity index is 413. The fourth-order valence-corrected chi connectivity index (χ4v) is 3.98. The number of amides is 2. The van der Waals surface area contributed by atoms with Gasteiger partial charge in [-0.3, -0.25) is 9.59 Å². The number of carboxylic acid groups (broad SMARTS) is 1. The summed E-state index contributed by atoms with van der Waals surface area (Å²) in [5, 5.41) is 11.7. The van der Waals surface area contributed by atoms with Crippen LogP contribution in [0.4, 0.5) is 0 Å². The van der Waals surface area contributed by atoms with Crippen molar-refractivity contribution in [3.63, 3.8) is 0 Å². The summed E-state index contributed by atoms with van der Waals surface area (Å²) in [6.45, 7) is 4.26. The van der Waals surface area contributed by atoms with Crippen LogP contribution in [-0.2, 0) is 14.4 Å². The highest BCUT2D eigenvalue weighted by atomic mass is 32.2. The van der Waals surface area contributed by atoms with Crippen LogP contribution in [0.15, 0.2) is 0 Å². The molecule has 3 atom stereocenters. The standard InChI is InChI=1S/C12H18N2O4S/c1-6(2)11-14(8(5-19-11)12(17)18)10(16)7-3-9(15)13-4-7/h6-8,11H,3-5H2,1-2H3,(H,13,15)(H,17,18). The number of aliphatic carboxylic acids is 1. The van der Waals surface area contributed by atoms with Crippen molar-refractivity contribution >= 4 is 29.5 Å². The number of nitrogens with one attached hydrogen (secondary N) is 1. The van der Waals surface area contributed by atoms with E-state index in [1.165, 1.54) is 16.7 Å². The summed E-state index contributed by atoms with van der Waals surface area (Å²) in [4.78, 5) is 36.4. The first-order valence-corrected chi connectivity index (χ1v) is 7.40. The van der Waals surface area contributed by atoms with E-state index in [-0.39, 0.29) is 29.5 Å². The van der Waals surface area contributed by atoms with E-state index in [1.807, 2.05) is 13.8 Å². The van der Waals surface area contributed by atoms with Crippen molar-refractivity contribution in [2.24, 2.45) is 11.8 Å². The molecule has 2 amide bonds. The molecule has 6 nitrogen and oxygen atoms in total. The first-order valence-electron chi connectivity index (χ1n) is 6.35. The SMILES string of the molecule is CC(C)C1SCC(C(=O)O)N1C(=O)C1CNC(=O)C1. The van der Waals surface area contributed by atoms with Crippen LogP contribution in [0.3, 0.4) is 0 Å². The van der Waals surface area contributed by atoms with Gasteiger partial charge in [-0.1, -0.05) is 13.8 Å². The van der Waals surface area contributed by atoms with E-state index in [9.17, 15) is 19.5 Å². The van der Waals surface area contributed by atoms with Gasteiger partial charge in [0.2, 0.25) is 11.8 Å². The van der Waals surface area contributed by atoms with Crippen molar-refractivity contribution < 1.29 is 19.5 Å². The van der Waals surface area contributed by atoms with Crippen LogP contribution in [0.25, 0.3) is 0 Å². The summed E-state index contributed by atoms with van der Waals surface area (Å²) in [7, 11) is 0. The summed E-state index contributed by atoms with van der Waals surface area (Å²) in [6, 6.07) is -0.777. The summed E-state index contributed by atoms with van der Waals surface area (Å²) < 4.78 is 0. The second-order valence-electron chi connectivity index (χ2n) is 5.27. The Kier molecular flexibility index (Phi) is 4.03.